The van der Waals surface area contributed by atoms with E-state index in [2.05, 4.69) is 15.3 Å². The van der Waals surface area contributed by atoms with E-state index in [1.54, 1.807) is 0 Å². The van der Waals surface area contributed by atoms with Gasteiger partial charge in [0.1, 0.15) is 12.1 Å². The molecule has 0 bridgehead atoms. The van der Waals surface area contributed by atoms with Crippen LogP contribution in [0.25, 0.3) is 10.4 Å². The Balaban J connectivity index is 1.68. The number of amides is 1. The van der Waals surface area contributed by atoms with Crippen molar-refractivity contribution in [3.63, 3.8) is 0 Å². The van der Waals surface area contributed by atoms with Crippen LogP contribution in [0, 0.1) is 0 Å². The van der Waals surface area contributed by atoms with Gasteiger partial charge in [-0.25, -0.2) is 4.79 Å². The molecule has 0 spiro atoms. The van der Waals surface area contributed by atoms with Gasteiger partial charge in [0.25, 0.3) is 0 Å². The van der Waals surface area contributed by atoms with Gasteiger partial charge < -0.3 is 14.8 Å². The van der Waals surface area contributed by atoms with Crippen molar-refractivity contribution in [2.24, 2.45) is 5.11 Å². The Labute approximate surface area is 162 Å². The second kappa shape index (κ2) is 9.43. The van der Waals surface area contributed by atoms with Crippen LogP contribution < -0.4 is 5.32 Å². The molecule has 3 rings (SSSR count). The van der Waals surface area contributed by atoms with Crippen LogP contribution in [0.1, 0.15) is 30.1 Å². The fourth-order valence-corrected chi connectivity index (χ4v) is 3.04. The number of carbonyl (C=O) groups excluding carboxylic acids is 2. The first-order valence-corrected chi connectivity index (χ1v) is 8.95. The zero-order valence-electron chi connectivity index (χ0n) is 15.1. The summed E-state index contributed by atoms with van der Waals surface area (Å²) in [6.45, 7) is 0.324. The van der Waals surface area contributed by atoms with Crippen molar-refractivity contribution in [2.75, 3.05) is 0 Å². The van der Waals surface area contributed by atoms with E-state index < -0.39 is 30.3 Å². The van der Waals surface area contributed by atoms with E-state index in [-0.39, 0.29) is 0 Å². The van der Waals surface area contributed by atoms with Gasteiger partial charge >= 0.3 is 12.1 Å². The van der Waals surface area contributed by atoms with Crippen LogP contribution in [-0.2, 0) is 20.8 Å². The first-order chi connectivity index (χ1) is 13.7. The summed E-state index contributed by atoms with van der Waals surface area (Å²) in [5.41, 5.74) is 10.2. The number of hydrogen-bond acceptors (Lipinski definition) is 5. The Kier molecular flexibility index (Phi) is 6.49. The number of esters is 1. The van der Waals surface area contributed by atoms with Gasteiger partial charge in [-0.2, -0.15) is 0 Å². The van der Waals surface area contributed by atoms with Crippen molar-refractivity contribution in [3.8, 4) is 0 Å². The van der Waals surface area contributed by atoms with Gasteiger partial charge in [0.15, 0.2) is 6.10 Å². The highest BCUT2D eigenvalue weighted by atomic mass is 16.6. The summed E-state index contributed by atoms with van der Waals surface area (Å²) >= 11 is 0. The Morgan fingerprint density at radius 2 is 1.86 bits per heavy atom. The lowest BCUT2D eigenvalue weighted by Gasteiger charge is -2.31. The molecule has 0 saturated carbocycles. The lowest BCUT2D eigenvalue weighted by Crippen LogP contribution is -2.39. The predicted molar refractivity (Wildman–Crippen MR) is 101 cm³/mol. The molecule has 3 atom stereocenters. The maximum atomic E-state index is 12.4. The van der Waals surface area contributed by atoms with Gasteiger partial charge in [0.05, 0.1) is 0 Å². The predicted octanol–water partition coefficient (Wildman–Crippen LogP) is 4.04. The number of alkyl carbamates (subject to hydrolysis) is 1. The van der Waals surface area contributed by atoms with Crippen LogP contribution in [0.2, 0.25) is 0 Å². The van der Waals surface area contributed by atoms with Crippen LogP contribution in [0.5, 0.6) is 0 Å². The highest BCUT2D eigenvalue weighted by molar-refractivity contribution is 5.77. The lowest BCUT2D eigenvalue weighted by atomic mass is 9.96. The van der Waals surface area contributed by atoms with E-state index in [0.29, 0.717) is 19.4 Å². The van der Waals surface area contributed by atoms with Crippen molar-refractivity contribution >= 4 is 12.1 Å². The summed E-state index contributed by atoms with van der Waals surface area (Å²) in [6.07, 6.45) is -1.26. The zero-order valence-corrected chi connectivity index (χ0v) is 15.1. The number of benzene rings is 2. The summed E-state index contributed by atoms with van der Waals surface area (Å²) in [6, 6.07) is 17.7. The third kappa shape index (κ3) is 5.02. The van der Waals surface area contributed by atoms with E-state index in [1.165, 1.54) is 0 Å². The number of hydrogen-bond donors (Lipinski definition) is 1. The van der Waals surface area contributed by atoms with Crippen molar-refractivity contribution in [1.29, 1.82) is 0 Å². The molecule has 8 nitrogen and oxygen atoms in total. The quantitative estimate of drug-likeness (QED) is 0.352. The average Bonchev–Trinajstić information content (AvgIpc) is 2.73. The molecule has 0 radical (unpaired) electrons. The summed E-state index contributed by atoms with van der Waals surface area (Å²) < 4.78 is 11.0. The largest absolute Gasteiger partial charge is 0.458 e. The van der Waals surface area contributed by atoms with Crippen LogP contribution >= 0.6 is 0 Å². The molecule has 1 saturated heterocycles. The van der Waals surface area contributed by atoms with Crippen LogP contribution in [0.4, 0.5) is 4.79 Å². The van der Waals surface area contributed by atoms with Gasteiger partial charge in [0.2, 0.25) is 0 Å². The second-order valence-corrected chi connectivity index (χ2v) is 6.35. The van der Waals surface area contributed by atoms with Gasteiger partial charge in [-0.15, -0.1) is 0 Å². The third-order valence-corrected chi connectivity index (χ3v) is 4.43. The highest BCUT2D eigenvalue weighted by Crippen LogP contribution is 2.31. The monoisotopic (exact) mass is 380 g/mol. The molecular formula is C20H20N4O4. The van der Waals surface area contributed by atoms with Gasteiger partial charge in [0, 0.05) is 11.5 Å². The van der Waals surface area contributed by atoms with Crippen molar-refractivity contribution in [2.45, 2.75) is 37.6 Å². The number of ether oxygens (including phenoxy) is 2. The second-order valence-electron chi connectivity index (χ2n) is 6.35. The van der Waals surface area contributed by atoms with Crippen LogP contribution in [-0.4, -0.2) is 24.2 Å². The lowest BCUT2D eigenvalue weighted by molar-refractivity contribution is -0.163. The molecule has 2 aromatic carbocycles. The maximum Gasteiger partial charge on any atom is 0.408 e. The number of cyclic esters (lactones) is 1. The highest BCUT2D eigenvalue weighted by Gasteiger charge is 2.37. The van der Waals surface area contributed by atoms with Gasteiger partial charge in [-0.1, -0.05) is 65.8 Å². The molecule has 0 aliphatic carbocycles. The topological polar surface area (TPSA) is 113 Å². The molecule has 1 amide bonds. The number of rotatable bonds is 6. The molecule has 1 N–H and O–H groups in total. The molecule has 28 heavy (non-hydrogen) atoms. The number of azide groups is 1. The normalized spacial score (nSPS) is 19.6. The number of carbonyl (C=O) groups is 2. The molecule has 1 fully saturated rings. The smallest absolute Gasteiger partial charge is 0.408 e. The summed E-state index contributed by atoms with van der Waals surface area (Å²) in [5.74, 6) is -0.608. The molecule has 1 aliphatic heterocycles. The van der Waals surface area contributed by atoms with Gasteiger partial charge in [-0.3, -0.25) is 4.79 Å². The molecule has 0 aromatic heterocycles. The average molecular weight is 380 g/mol. The minimum Gasteiger partial charge on any atom is -0.458 e. The summed E-state index contributed by atoms with van der Waals surface area (Å²) in [4.78, 5) is 27.1. The summed E-state index contributed by atoms with van der Waals surface area (Å²) in [7, 11) is 0. The fourth-order valence-electron chi connectivity index (χ4n) is 3.04. The van der Waals surface area contributed by atoms with Crippen molar-refractivity contribution < 1.29 is 19.1 Å². The Hall–Kier alpha value is -3.51. The van der Waals surface area contributed by atoms with Gasteiger partial charge in [-0.05, 0) is 29.5 Å². The first kappa shape index (κ1) is 19.3. The van der Waals surface area contributed by atoms with E-state index in [4.69, 9.17) is 15.0 Å². The zero-order chi connectivity index (χ0) is 19.8. The standard InChI is InChI=1S/C20H20N4O4/c21-24-23-16-11-12-17(27-19(16)25)18(15-9-5-2-6-10-15)28-20(26)22-13-14-7-3-1-4-8-14/h1-10,16-18H,11-13H2,(H,22,26)/t16?,17-,18+/m0/s1. The molecule has 144 valence electrons. The van der Waals surface area contributed by atoms with E-state index in [1.807, 2.05) is 60.7 Å². The Bertz CT molecular complexity index is 853. The molecule has 1 aliphatic rings. The molecule has 1 heterocycles. The van der Waals surface area contributed by atoms with Crippen molar-refractivity contribution in [1.82, 2.24) is 5.32 Å². The molecule has 2 aromatic rings. The van der Waals surface area contributed by atoms with E-state index in [9.17, 15) is 9.59 Å². The Morgan fingerprint density at radius 1 is 1.18 bits per heavy atom. The molecular weight excluding hydrogens is 360 g/mol. The Morgan fingerprint density at radius 3 is 2.50 bits per heavy atom. The van der Waals surface area contributed by atoms with Crippen LogP contribution in [0.15, 0.2) is 65.8 Å². The number of nitrogens with zero attached hydrogens (tertiary/aromatic N) is 3. The molecule has 1 unspecified atom stereocenters. The van der Waals surface area contributed by atoms with Crippen molar-refractivity contribution in [3.05, 3.63) is 82.2 Å². The maximum absolute atomic E-state index is 12.4. The minimum atomic E-state index is -0.843. The molecule has 8 heteroatoms. The van der Waals surface area contributed by atoms with E-state index >= 15 is 0 Å². The van der Waals surface area contributed by atoms with E-state index in [0.717, 1.165) is 11.1 Å². The summed E-state index contributed by atoms with van der Waals surface area (Å²) in [5, 5.41) is 6.15. The SMILES string of the molecule is [N-]=[N+]=NC1CC[C@@H]([C@H](OC(=O)NCc2ccccc2)c2ccccc2)OC1=O. The third-order valence-electron chi connectivity index (χ3n) is 4.43. The number of nitrogens with one attached hydrogen (secondary N) is 1. The minimum absolute atomic E-state index is 0.324. The first-order valence-electron chi connectivity index (χ1n) is 8.95. The van der Waals surface area contributed by atoms with Crippen LogP contribution in [0.3, 0.4) is 0 Å². The fraction of sp³-hybridized carbons (Fsp3) is 0.300.